The van der Waals surface area contributed by atoms with Crippen molar-refractivity contribution in [3.8, 4) is 0 Å². The third-order valence-corrected chi connectivity index (χ3v) is 2.77. The number of ether oxygens (including phenoxy) is 2. The van der Waals surface area contributed by atoms with E-state index in [4.69, 9.17) is 15.2 Å². The van der Waals surface area contributed by atoms with E-state index in [1.807, 2.05) is 0 Å². The van der Waals surface area contributed by atoms with Gasteiger partial charge < -0.3 is 20.5 Å². The zero-order chi connectivity index (χ0) is 14.2. The van der Waals surface area contributed by atoms with E-state index in [0.29, 0.717) is 24.7 Å². The fourth-order valence-corrected chi connectivity index (χ4v) is 1.77. The highest BCUT2D eigenvalue weighted by molar-refractivity contribution is 5.86. The Morgan fingerprint density at radius 3 is 3.00 bits per heavy atom. The first-order valence-corrected chi connectivity index (χ1v) is 6.58. The van der Waals surface area contributed by atoms with Crippen LogP contribution in [0.1, 0.15) is 12.8 Å². The number of unbranched alkanes of at least 4 members (excludes halogenated alkanes) is 1. The third-order valence-electron chi connectivity index (χ3n) is 2.77. The highest BCUT2D eigenvalue weighted by Crippen LogP contribution is 2.18. The number of nitrogens with two attached hydrogens (primary N) is 1. The summed E-state index contributed by atoms with van der Waals surface area (Å²) in [5, 5.41) is 10.8. The molecule has 0 aromatic carbocycles. The molecule has 0 aliphatic rings. The minimum Gasteiger partial charge on any atom is -0.382 e. The number of aromatic nitrogens is 4. The number of nitrogen functional groups attached to an aromatic ring is 1. The van der Waals surface area contributed by atoms with E-state index >= 15 is 0 Å². The highest BCUT2D eigenvalue weighted by atomic mass is 16.5. The van der Waals surface area contributed by atoms with Gasteiger partial charge in [0.25, 0.3) is 0 Å². The lowest BCUT2D eigenvalue weighted by Gasteiger charge is -2.07. The number of H-pyrrole nitrogens is 1. The second-order valence-electron chi connectivity index (χ2n) is 4.30. The van der Waals surface area contributed by atoms with Crippen LogP contribution < -0.4 is 11.1 Å². The van der Waals surface area contributed by atoms with Gasteiger partial charge in [-0.3, -0.25) is 5.10 Å². The summed E-state index contributed by atoms with van der Waals surface area (Å²) in [5.41, 5.74) is 6.28. The molecule has 20 heavy (non-hydrogen) atoms. The second-order valence-corrected chi connectivity index (χ2v) is 4.30. The normalized spacial score (nSPS) is 11.1. The van der Waals surface area contributed by atoms with Gasteiger partial charge in [-0.15, -0.1) is 0 Å². The third kappa shape index (κ3) is 4.04. The van der Waals surface area contributed by atoms with Crippen LogP contribution in [0.25, 0.3) is 11.0 Å². The Balaban J connectivity index is 1.72. The van der Waals surface area contributed by atoms with Crippen LogP contribution in [0, 0.1) is 0 Å². The van der Waals surface area contributed by atoms with E-state index in [1.165, 1.54) is 0 Å². The summed E-state index contributed by atoms with van der Waals surface area (Å²) in [5.74, 6) is 0.939. The molecule has 0 saturated carbocycles. The van der Waals surface area contributed by atoms with Crippen LogP contribution in [0.4, 0.5) is 11.8 Å². The summed E-state index contributed by atoms with van der Waals surface area (Å²) in [7, 11) is 1.66. The SMILES string of the molecule is COCCOCCCCNc1nc(N)nc2[nH]ncc12. The number of fused-ring (bicyclic) bond motifs is 1. The van der Waals surface area contributed by atoms with Gasteiger partial charge in [-0.2, -0.15) is 15.1 Å². The van der Waals surface area contributed by atoms with Gasteiger partial charge in [-0.25, -0.2) is 0 Å². The Kier molecular flexibility index (Phi) is 5.51. The van der Waals surface area contributed by atoms with E-state index < -0.39 is 0 Å². The van der Waals surface area contributed by atoms with Crippen LogP contribution in [-0.4, -0.2) is 53.6 Å². The minimum atomic E-state index is 0.229. The molecule has 110 valence electrons. The lowest BCUT2D eigenvalue weighted by molar-refractivity contribution is 0.0691. The molecule has 0 bridgehead atoms. The summed E-state index contributed by atoms with van der Waals surface area (Å²) in [6.45, 7) is 2.81. The Morgan fingerprint density at radius 1 is 1.25 bits per heavy atom. The number of hydrogen-bond donors (Lipinski definition) is 3. The lowest BCUT2D eigenvalue weighted by Crippen LogP contribution is -2.08. The van der Waals surface area contributed by atoms with Gasteiger partial charge in [0.15, 0.2) is 5.65 Å². The summed E-state index contributed by atoms with van der Waals surface area (Å²) >= 11 is 0. The molecule has 2 aromatic heterocycles. The molecule has 2 aromatic rings. The average Bonchev–Trinajstić information content (AvgIpc) is 2.89. The van der Waals surface area contributed by atoms with E-state index in [-0.39, 0.29) is 5.95 Å². The van der Waals surface area contributed by atoms with Crippen LogP contribution in [0.2, 0.25) is 0 Å². The molecule has 2 heterocycles. The van der Waals surface area contributed by atoms with Crippen molar-refractivity contribution in [3.05, 3.63) is 6.20 Å². The zero-order valence-electron chi connectivity index (χ0n) is 11.6. The van der Waals surface area contributed by atoms with Crippen molar-refractivity contribution in [2.45, 2.75) is 12.8 Å². The van der Waals surface area contributed by atoms with Crippen LogP contribution in [0.5, 0.6) is 0 Å². The molecule has 0 radical (unpaired) electrons. The maximum Gasteiger partial charge on any atom is 0.224 e. The number of hydrogen-bond acceptors (Lipinski definition) is 7. The van der Waals surface area contributed by atoms with Crippen molar-refractivity contribution in [2.75, 3.05) is 44.5 Å². The van der Waals surface area contributed by atoms with E-state index in [1.54, 1.807) is 13.3 Å². The number of anilines is 2. The summed E-state index contributed by atoms with van der Waals surface area (Å²) in [4.78, 5) is 8.24. The van der Waals surface area contributed by atoms with Crippen LogP contribution in [0.15, 0.2) is 6.20 Å². The van der Waals surface area contributed by atoms with Gasteiger partial charge in [-0.1, -0.05) is 0 Å². The van der Waals surface area contributed by atoms with Crippen LogP contribution >= 0.6 is 0 Å². The topological polar surface area (TPSA) is 111 Å². The van der Waals surface area contributed by atoms with E-state index in [9.17, 15) is 0 Å². The lowest BCUT2D eigenvalue weighted by atomic mass is 10.3. The predicted octanol–water partition coefficient (Wildman–Crippen LogP) is 0.790. The molecular formula is C12H20N6O2. The van der Waals surface area contributed by atoms with Gasteiger partial charge in [0, 0.05) is 20.3 Å². The van der Waals surface area contributed by atoms with Crippen LogP contribution in [0.3, 0.4) is 0 Å². The smallest absolute Gasteiger partial charge is 0.224 e. The fourth-order valence-electron chi connectivity index (χ4n) is 1.77. The van der Waals surface area contributed by atoms with Gasteiger partial charge in [-0.05, 0) is 12.8 Å². The van der Waals surface area contributed by atoms with Gasteiger partial charge in [0.1, 0.15) is 5.82 Å². The molecule has 0 aliphatic heterocycles. The highest BCUT2D eigenvalue weighted by Gasteiger charge is 2.06. The van der Waals surface area contributed by atoms with Crippen LogP contribution in [-0.2, 0) is 9.47 Å². The van der Waals surface area contributed by atoms with E-state index in [0.717, 1.165) is 31.4 Å². The summed E-state index contributed by atoms with van der Waals surface area (Å²) < 4.78 is 10.3. The molecule has 4 N–H and O–H groups in total. The zero-order valence-corrected chi connectivity index (χ0v) is 11.6. The molecule has 0 saturated heterocycles. The molecule has 0 aliphatic carbocycles. The molecule has 0 atom stereocenters. The van der Waals surface area contributed by atoms with Crippen molar-refractivity contribution < 1.29 is 9.47 Å². The molecule has 8 heteroatoms. The monoisotopic (exact) mass is 280 g/mol. The Bertz CT molecular complexity index is 530. The van der Waals surface area contributed by atoms with E-state index in [2.05, 4.69) is 25.5 Å². The molecule has 0 amide bonds. The van der Waals surface area contributed by atoms with Gasteiger partial charge >= 0.3 is 0 Å². The second kappa shape index (κ2) is 7.61. The minimum absolute atomic E-state index is 0.229. The number of nitrogens with one attached hydrogen (secondary N) is 2. The van der Waals surface area contributed by atoms with Gasteiger partial charge in [0.05, 0.1) is 24.8 Å². The number of rotatable bonds is 9. The van der Waals surface area contributed by atoms with Crippen molar-refractivity contribution in [2.24, 2.45) is 0 Å². The molecule has 2 rings (SSSR count). The molecule has 0 fully saturated rings. The van der Waals surface area contributed by atoms with Crippen molar-refractivity contribution in [1.29, 1.82) is 0 Å². The maximum atomic E-state index is 5.64. The first-order valence-electron chi connectivity index (χ1n) is 6.58. The fraction of sp³-hybridized carbons (Fsp3) is 0.583. The summed E-state index contributed by atoms with van der Waals surface area (Å²) in [6.07, 6.45) is 3.65. The Hall–Kier alpha value is -1.93. The Labute approximate surface area is 117 Å². The first-order chi connectivity index (χ1) is 9.81. The van der Waals surface area contributed by atoms with Crippen molar-refractivity contribution in [1.82, 2.24) is 20.2 Å². The largest absolute Gasteiger partial charge is 0.382 e. The summed E-state index contributed by atoms with van der Waals surface area (Å²) in [6, 6.07) is 0. The molecular weight excluding hydrogens is 260 g/mol. The Morgan fingerprint density at radius 2 is 2.15 bits per heavy atom. The molecule has 0 spiro atoms. The van der Waals surface area contributed by atoms with Gasteiger partial charge in [0.2, 0.25) is 5.95 Å². The number of methoxy groups -OCH3 is 1. The van der Waals surface area contributed by atoms with Crippen molar-refractivity contribution in [3.63, 3.8) is 0 Å². The molecule has 0 unspecified atom stereocenters. The standard InChI is InChI=1S/C12H20N6O2/c1-19-6-7-20-5-3-2-4-14-10-9-8-15-18-11(9)17-12(13)16-10/h8H,2-7H2,1H3,(H4,13,14,15,16,17,18). The quantitative estimate of drug-likeness (QED) is 0.582. The first kappa shape index (κ1) is 14.5. The average molecular weight is 280 g/mol. The number of nitrogens with zero attached hydrogens (tertiary/aromatic N) is 3. The number of aromatic amines is 1. The maximum absolute atomic E-state index is 5.64. The van der Waals surface area contributed by atoms with Crippen molar-refractivity contribution >= 4 is 22.8 Å². The molecule has 8 nitrogen and oxygen atoms in total. The predicted molar refractivity (Wildman–Crippen MR) is 76.5 cm³/mol.